The summed E-state index contributed by atoms with van der Waals surface area (Å²) in [5, 5.41) is 9.53. The summed E-state index contributed by atoms with van der Waals surface area (Å²) >= 11 is 0. The summed E-state index contributed by atoms with van der Waals surface area (Å²) in [7, 11) is 0. The van der Waals surface area contributed by atoms with Crippen molar-refractivity contribution in [2.75, 3.05) is 13.2 Å². The second-order valence-electron chi connectivity index (χ2n) is 6.93. The molecule has 0 fully saturated rings. The zero-order chi connectivity index (χ0) is 23.0. The smallest absolute Gasteiger partial charge is 0.397 e. The van der Waals surface area contributed by atoms with E-state index in [0.29, 0.717) is 29.4 Å². The predicted octanol–water partition coefficient (Wildman–Crippen LogP) is 6.80. The molecule has 0 aromatic heterocycles. The molecule has 0 amide bonds. The zero-order valence-corrected chi connectivity index (χ0v) is 17.4. The van der Waals surface area contributed by atoms with Gasteiger partial charge in [-0.25, -0.2) is 0 Å². The Morgan fingerprint density at radius 2 is 1.53 bits per heavy atom. The van der Waals surface area contributed by atoms with Crippen molar-refractivity contribution in [3.63, 3.8) is 0 Å². The molecule has 0 radical (unpaired) electrons. The molecule has 4 nitrogen and oxygen atoms in total. The van der Waals surface area contributed by atoms with Gasteiger partial charge >= 0.3 is 6.18 Å². The fraction of sp³-hybridized carbons (Fsp3) is 0.240. The largest absolute Gasteiger partial charge is 0.494 e. The molecule has 166 valence electrons. The molecule has 3 aromatic carbocycles. The monoisotopic (exact) mass is 441 g/mol. The first kappa shape index (κ1) is 23.2. The first-order valence-corrected chi connectivity index (χ1v) is 10.0. The van der Waals surface area contributed by atoms with Crippen molar-refractivity contribution in [2.45, 2.75) is 25.1 Å². The van der Waals surface area contributed by atoms with Gasteiger partial charge < -0.3 is 14.2 Å². The fourth-order valence-electron chi connectivity index (χ4n) is 3.11. The summed E-state index contributed by atoms with van der Waals surface area (Å²) in [4.78, 5) is 0. The minimum atomic E-state index is -4.54. The van der Waals surface area contributed by atoms with Crippen molar-refractivity contribution in [3.8, 4) is 23.3 Å². The van der Waals surface area contributed by atoms with Gasteiger partial charge in [0, 0.05) is 0 Å². The lowest BCUT2D eigenvalue weighted by molar-refractivity contribution is -0.165. The molecule has 7 heteroatoms. The molecule has 0 bridgehead atoms. The average Bonchev–Trinajstić information content (AvgIpc) is 2.78. The Morgan fingerprint density at radius 1 is 0.844 bits per heavy atom. The third kappa shape index (κ3) is 6.25. The average molecular weight is 441 g/mol. The SMILES string of the molecule is CCOc1ccc(C(CO[C@H](C#N)c2cccc(Oc3ccccc3)c2)C(F)(F)F)cc1. The first-order chi connectivity index (χ1) is 15.4. The van der Waals surface area contributed by atoms with Crippen LogP contribution in [0.25, 0.3) is 0 Å². The third-order valence-corrected chi connectivity index (χ3v) is 4.68. The van der Waals surface area contributed by atoms with Crippen LogP contribution in [-0.4, -0.2) is 19.4 Å². The lowest BCUT2D eigenvalue weighted by Crippen LogP contribution is -2.26. The van der Waals surface area contributed by atoms with Crippen LogP contribution in [0.5, 0.6) is 17.2 Å². The van der Waals surface area contributed by atoms with Gasteiger partial charge in [-0.1, -0.05) is 42.5 Å². The highest BCUT2D eigenvalue weighted by molar-refractivity contribution is 5.36. The van der Waals surface area contributed by atoms with E-state index in [1.807, 2.05) is 24.3 Å². The third-order valence-electron chi connectivity index (χ3n) is 4.68. The topological polar surface area (TPSA) is 51.5 Å². The predicted molar refractivity (Wildman–Crippen MR) is 114 cm³/mol. The molecule has 0 heterocycles. The van der Waals surface area contributed by atoms with E-state index in [1.54, 1.807) is 43.3 Å². The molecule has 0 saturated carbocycles. The van der Waals surface area contributed by atoms with Crippen molar-refractivity contribution < 1.29 is 27.4 Å². The van der Waals surface area contributed by atoms with Crippen LogP contribution in [0.4, 0.5) is 13.2 Å². The number of para-hydroxylation sites is 1. The zero-order valence-electron chi connectivity index (χ0n) is 17.4. The van der Waals surface area contributed by atoms with Crippen LogP contribution in [-0.2, 0) is 4.74 Å². The Hall–Kier alpha value is -3.50. The molecule has 0 saturated heterocycles. The van der Waals surface area contributed by atoms with Crippen LogP contribution >= 0.6 is 0 Å². The van der Waals surface area contributed by atoms with Crippen molar-refractivity contribution in [1.82, 2.24) is 0 Å². The maximum atomic E-state index is 13.7. The highest BCUT2D eigenvalue weighted by Gasteiger charge is 2.41. The van der Waals surface area contributed by atoms with E-state index in [1.165, 1.54) is 24.3 Å². The van der Waals surface area contributed by atoms with E-state index in [-0.39, 0.29) is 5.56 Å². The van der Waals surface area contributed by atoms with E-state index in [0.717, 1.165) is 0 Å². The van der Waals surface area contributed by atoms with Gasteiger partial charge in [0.15, 0.2) is 6.10 Å². The van der Waals surface area contributed by atoms with E-state index in [9.17, 15) is 18.4 Å². The number of hydrogen-bond donors (Lipinski definition) is 0. The molecule has 0 aliphatic heterocycles. The normalized spacial score (nSPS) is 13.1. The number of benzene rings is 3. The number of ether oxygens (including phenoxy) is 3. The maximum Gasteiger partial charge on any atom is 0.397 e. The molecule has 1 unspecified atom stereocenters. The van der Waals surface area contributed by atoms with Gasteiger partial charge in [-0.05, 0) is 54.4 Å². The van der Waals surface area contributed by atoms with Gasteiger partial charge in [0.05, 0.1) is 19.3 Å². The Balaban J connectivity index is 1.73. The summed E-state index contributed by atoms with van der Waals surface area (Å²) in [5.41, 5.74) is 0.451. The molecule has 0 aliphatic rings. The summed E-state index contributed by atoms with van der Waals surface area (Å²) in [6.07, 6.45) is -5.72. The highest BCUT2D eigenvalue weighted by atomic mass is 19.4. The number of rotatable bonds is 9. The number of alkyl halides is 3. The molecule has 3 rings (SSSR count). The summed E-state index contributed by atoms with van der Waals surface area (Å²) < 4.78 is 57.6. The number of hydrogen-bond acceptors (Lipinski definition) is 4. The Bertz CT molecular complexity index is 1030. The van der Waals surface area contributed by atoms with Crippen LogP contribution in [0.2, 0.25) is 0 Å². The van der Waals surface area contributed by atoms with E-state index in [4.69, 9.17) is 14.2 Å². The van der Waals surface area contributed by atoms with E-state index >= 15 is 0 Å². The quantitative estimate of drug-likeness (QED) is 0.366. The molecular formula is C25H22F3NO3. The van der Waals surface area contributed by atoms with E-state index < -0.39 is 24.8 Å². The lowest BCUT2D eigenvalue weighted by atomic mass is 9.99. The van der Waals surface area contributed by atoms with Gasteiger partial charge in [-0.3, -0.25) is 0 Å². The fourth-order valence-corrected chi connectivity index (χ4v) is 3.11. The summed E-state index contributed by atoms with van der Waals surface area (Å²) in [6, 6.07) is 23.2. The maximum absolute atomic E-state index is 13.7. The van der Waals surface area contributed by atoms with Crippen LogP contribution < -0.4 is 9.47 Å². The molecule has 0 N–H and O–H groups in total. The van der Waals surface area contributed by atoms with Gasteiger partial charge in [-0.15, -0.1) is 0 Å². The number of nitrogens with zero attached hydrogens (tertiary/aromatic N) is 1. The summed E-state index contributed by atoms with van der Waals surface area (Å²) in [5.74, 6) is -0.329. The molecule has 3 aromatic rings. The molecule has 0 spiro atoms. The van der Waals surface area contributed by atoms with Crippen LogP contribution in [0.3, 0.4) is 0 Å². The van der Waals surface area contributed by atoms with Crippen molar-refractivity contribution in [1.29, 1.82) is 5.26 Å². The Labute approximate surface area is 184 Å². The van der Waals surface area contributed by atoms with Crippen LogP contribution in [0, 0.1) is 11.3 Å². The van der Waals surface area contributed by atoms with Crippen molar-refractivity contribution >= 4 is 0 Å². The lowest BCUT2D eigenvalue weighted by Gasteiger charge is -2.22. The summed E-state index contributed by atoms with van der Waals surface area (Å²) in [6.45, 7) is 1.52. The Morgan fingerprint density at radius 3 is 2.16 bits per heavy atom. The molecular weight excluding hydrogens is 419 g/mol. The standard InChI is InChI=1S/C25H22F3NO3/c1-2-30-20-13-11-18(12-14-20)23(25(26,27)28)17-31-24(16-29)19-7-6-10-22(15-19)32-21-8-4-3-5-9-21/h3-15,23-24H,2,17H2,1H3/t23?,24-/m1/s1. The van der Waals surface area contributed by atoms with E-state index in [2.05, 4.69) is 0 Å². The van der Waals surface area contributed by atoms with Gasteiger partial charge in [0.25, 0.3) is 0 Å². The molecule has 0 aliphatic carbocycles. The van der Waals surface area contributed by atoms with Crippen molar-refractivity contribution in [3.05, 3.63) is 90.0 Å². The first-order valence-electron chi connectivity index (χ1n) is 10.0. The van der Waals surface area contributed by atoms with Crippen LogP contribution in [0.1, 0.15) is 30.1 Å². The highest BCUT2D eigenvalue weighted by Crippen LogP contribution is 2.37. The van der Waals surface area contributed by atoms with Crippen molar-refractivity contribution in [2.24, 2.45) is 0 Å². The number of halogens is 3. The second kappa shape index (κ2) is 10.7. The minimum absolute atomic E-state index is 0.0406. The number of nitriles is 1. The molecule has 2 atom stereocenters. The Kier molecular flexibility index (Phi) is 7.74. The van der Waals surface area contributed by atoms with Crippen LogP contribution in [0.15, 0.2) is 78.9 Å². The second-order valence-corrected chi connectivity index (χ2v) is 6.93. The van der Waals surface area contributed by atoms with Gasteiger partial charge in [0.2, 0.25) is 0 Å². The van der Waals surface area contributed by atoms with Gasteiger partial charge in [0.1, 0.15) is 23.2 Å². The van der Waals surface area contributed by atoms with Gasteiger partial charge in [-0.2, -0.15) is 18.4 Å². The molecule has 32 heavy (non-hydrogen) atoms. The minimum Gasteiger partial charge on any atom is -0.494 e.